The Morgan fingerprint density at radius 2 is 1.77 bits per heavy atom. The van der Waals surface area contributed by atoms with Gasteiger partial charge in [-0.3, -0.25) is 9.69 Å². The summed E-state index contributed by atoms with van der Waals surface area (Å²) in [6, 6.07) is 8.91. The fraction of sp³-hybridized carbons (Fsp3) is 0.640. The fourth-order valence-corrected chi connectivity index (χ4v) is 5.95. The van der Waals surface area contributed by atoms with E-state index in [-0.39, 0.29) is 11.7 Å². The van der Waals surface area contributed by atoms with Gasteiger partial charge in [-0.25, -0.2) is 9.78 Å². The molecule has 3 atom stereocenters. The van der Waals surface area contributed by atoms with E-state index in [1.54, 1.807) is 10.6 Å². The van der Waals surface area contributed by atoms with Crippen LogP contribution < -0.4 is 5.56 Å². The molecule has 0 spiro atoms. The number of benzene rings is 1. The van der Waals surface area contributed by atoms with Crippen LogP contribution in [-0.4, -0.2) is 43.7 Å². The summed E-state index contributed by atoms with van der Waals surface area (Å²) in [6.45, 7) is 4.40. The van der Waals surface area contributed by atoms with Gasteiger partial charge in [0.25, 0.3) is 5.56 Å². The molecule has 1 saturated carbocycles. The Kier molecular flexibility index (Phi) is 6.75. The van der Waals surface area contributed by atoms with Crippen molar-refractivity contribution < 1.29 is 9.90 Å². The number of para-hydroxylation sites is 2. The van der Waals surface area contributed by atoms with Crippen LogP contribution in [0.3, 0.4) is 0 Å². The molecule has 2 fully saturated rings. The quantitative estimate of drug-likeness (QED) is 0.729. The van der Waals surface area contributed by atoms with Crippen LogP contribution in [0.2, 0.25) is 0 Å². The Balaban J connectivity index is 1.63. The maximum atomic E-state index is 13.1. The molecular formula is C25H35N3O3. The Hall–Kier alpha value is -2.21. The van der Waals surface area contributed by atoms with E-state index in [2.05, 4.69) is 23.7 Å². The van der Waals surface area contributed by atoms with E-state index in [0.29, 0.717) is 29.2 Å². The first-order valence-electron chi connectivity index (χ1n) is 12.0. The minimum absolute atomic E-state index is 0.0927. The zero-order chi connectivity index (χ0) is 22.0. The fourth-order valence-electron chi connectivity index (χ4n) is 5.95. The van der Waals surface area contributed by atoms with Gasteiger partial charge in [0, 0.05) is 24.2 Å². The molecule has 0 unspecified atom stereocenters. The highest BCUT2D eigenvalue weighted by Gasteiger charge is 2.36. The first-order valence-corrected chi connectivity index (χ1v) is 12.0. The standard InChI is InChI=1S/C25H35N3O3/c1-17-14-15-20(27(17)19-10-6-4-3-5-7-11-19)16-18(2)28-22-13-9-8-12-21(22)26-23(24(28)29)25(30)31/h8-9,12-13,17-20H,3-7,10-11,14-16H2,1-2H3,(H,30,31)/t17-,18-,20-/m0/s1. The third-order valence-corrected chi connectivity index (χ3v) is 7.40. The second-order valence-electron chi connectivity index (χ2n) is 9.54. The molecular weight excluding hydrogens is 390 g/mol. The number of aromatic nitrogens is 2. The lowest BCUT2D eigenvalue weighted by molar-refractivity contribution is 0.0687. The number of carboxylic acid groups (broad SMARTS) is 1. The number of hydrogen-bond acceptors (Lipinski definition) is 4. The Labute approximate surface area is 184 Å². The van der Waals surface area contributed by atoms with Crippen molar-refractivity contribution in [1.29, 1.82) is 0 Å². The highest BCUT2D eigenvalue weighted by atomic mass is 16.4. The van der Waals surface area contributed by atoms with Gasteiger partial charge in [-0.05, 0) is 58.1 Å². The number of fused-ring (bicyclic) bond motifs is 1. The minimum atomic E-state index is -1.26. The number of carbonyl (C=O) groups is 1. The van der Waals surface area contributed by atoms with E-state index in [1.807, 2.05) is 18.2 Å². The van der Waals surface area contributed by atoms with Crippen LogP contribution in [0.5, 0.6) is 0 Å². The molecule has 6 heteroatoms. The van der Waals surface area contributed by atoms with Gasteiger partial charge in [0.05, 0.1) is 11.0 Å². The molecule has 0 radical (unpaired) electrons. The van der Waals surface area contributed by atoms with Gasteiger partial charge >= 0.3 is 5.97 Å². The lowest BCUT2D eigenvalue weighted by atomic mass is 9.94. The normalized spacial score (nSPS) is 24.7. The van der Waals surface area contributed by atoms with Crippen molar-refractivity contribution in [2.24, 2.45) is 0 Å². The van der Waals surface area contributed by atoms with E-state index in [1.165, 1.54) is 51.4 Å². The van der Waals surface area contributed by atoms with Crippen LogP contribution in [0.1, 0.15) is 94.6 Å². The third-order valence-electron chi connectivity index (χ3n) is 7.40. The van der Waals surface area contributed by atoms with Crippen LogP contribution in [0.4, 0.5) is 0 Å². The van der Waals surface area contributed by atoms with Crippen LogP contribution in [-0.2, 0) is 0 Å². The SMILES string of the molecule is C[C@H]1CC[C@@H](C[C@H](C)n2c(=O)c(C(=O)O)nc3ccccc32)N1C1CCCCCCC1. The molecule has 1 aromatic carbocycles. The minimum Gasteiger partial charge on any atom is -0.476 e. The zero-order valence-electron chi connectivity index (χ0n) is 18.8. The molecule has 1 N–H and O–H groups in total. The number of aromatic carboxylic acids is 1. The number of carboxylic acids is 1. The van der Waals surface area contributed by atoms with Gasteiger partial charge in [0.2, 0.25) is 5.69 Å². The summed E-state index contributed by atoms with van der Waals surface area (Å²) in [5.41, 5.74) is 0.390. The number of rotatable bonds is 5. The van der Waals surface area contributed by atoms with E-state index in [9.17, 15) is 14.7 Å². The summed E-state index contributed by atoms with van der Waals surface area (Å²) in [4.78, 5) is 31.6. The second-order valence-corrected chi connectivity index (χ2v) is 9.54. The lowest BCUT2D eigenvalue weighted by Crippen LogP contribution is -2.44. The number of hydrogen-bond donors (Lipinski definition) is 1. The Morgan fingerprint density at radius 1 is 1.10 bits per heavy atom. The zero-order valence-corrected chi connectivity index (χ0v) is 18.8. The maximum absolute atomic E-state index is 13.1. The van der Waals surface area contributed by atoms with Crippen molar-refractivity contribution in [3.8, 4) is 0 Å². The third kappa shape index (κ3) is 4.54. The van der Waals surface area contributed by atoms with Crippen molar-refractivity contribution in [3.63, 3.8) is 0 Å². The Bertz CT molecular complexity index is 978. The summed E-state index contributed by atoms with van der Waals surface area (Å²) in [7, 11) is 0. The molecule has 1 aliphatic heterocycles. The molecule has 31 heavy (non-hydrogen) atoms. The predicted molar refractivity (Wildman–Crippen MR) is 123 cm³/mol. The van der Waals surface area contributed by atoms with Crippen molar-refractivity contribution in [3.05, 3.63) is 40.3 Å². The summed E-state index contributed by atoms with van der Waals surface area (Å²) in [5.74, 6) is -1.26. The molecule has 2 aromatic rings. The van der Waals surface area contributed by atoms with Gasteiger partial charge in [-0.1, -0.05) is 44.2 Å². The molecule has 2 aliphatic rings. The van der Waals surface area contributed by atoms with Crippen LogP contribution in [0.15, 0.2) is 29.1 Å². The first kappa shape index (κ1) is 22.0. The predicted octanol–water partition coefficient (Wildman–Crippen LogP) is 5.01. The van der Waals surface area contributed by atoms with Crippen LogP contribution in [0, 0.1) is 0 Å². The number of likely N-dealkylation sites (tertiary alicyclic amines) is 1. The van der Waals surface area contributed by atoms with Gasteiger partial charge in [-0.2, -0.15) is 0 Å². The van der Waals surface area contributed by atoms with Crippen LogP contribution in [0.25, 0.3) is 11.0 Å². The van der Waals surface area contributed by atoms with Crippen LogP contribution >= 0.6 is 0 Å². The summed E-state index contributed by atoms with van der Waals surface area (Å²) in [5, 5.41) is 9.53. The molecule has 4 rings (SSSR count). The summed E-state index contributed by atoms with van der Waals surface area (Å²) < 4.78 is 1.67. The van der Waals surface area contributed by atoms with Crippen molar-refractivity contribution in [2.45, 2.75) is 102 Å². The van der Waals surface area contributed by atoms with Crippen molar-refractivity contribution in [2.75, 3.05) is 0 Å². The average molecular weight is 426 g/mol. The smallest absolute Gasteiger partial charge is 0.360 e. The van der Waals surface area contributed by atoms with E-state index < -0.39 is 11.5 Å². The molecule has 6 nitrogen and oxygen atoms in total. The van der Waals surface area contributed by atoms with Crippen molar-refractivity contribution >= 4 is 17.0 Å². The molecule has 1 aliphatic carbocycles. The topological polar surface area (TPSA) is 75.4 Å². The Morgan fingerprint density at radius 3 is 2.48 bits per heavy atom. The molecule has 0 amide bonds. The van der Waals surface area contributed by atoms with Crippen molar-refractivity contribution in [1.82, 2.24) is 14.5 Å². The largest absolute Gasteiger partial charge is 0.476 e. The summed E-state index contributed by atoms with van der Waals surface area (Å²) >= 11 is 0. The highest BCUT2D eigenvalue weighted by Crippen LogP contribution is 2.35. The molecule has 168 valence electrons. The average Bonchev–Trinajstić information content (AvgIpc) is 3.07. The maximum Gasteiger partial charge on any atom is 0.360 e. The number of nitrogens with zero attached hydrogens (tertiary/aromatic N) is 3. The monoisotopic (exact) mass is 425 g/mol. The first-order chi connectivity index (χ1) is 15.0. The molecule has 1 aromatic heterocycles. The molecule has 0 bridgehead atoms. The van der Waals surface area contributed by atoms with Gasteiger partial charge in [0.15, 0.2) is 0 Å². The highest BCUT2D eigenvalue weighted by molar-refractivity contribution is 5.88. The van der Waals surface area contributed by atoms with E-state index >= 15 is 0 Å². The molecule has 1 saturated heterocycles. The van der Waals surface area contributed by atoms with Gasteiger partial charge in [-0.15, -0.1) is 0 Å². The molecule has 2 heterocycles. The summed E-state index contributed by atoms with van der Waals surface area (Å²) in [6.07, 6.45) is 12.4. The van der Waals surface area contributed by atoms with E-state index in [4.69, 9.17) is 0 Å². The van der Waals surface area contributed by atoms with Gasteiger partial charge in [0.1, 0.15) is 0 Å². The van der Waals surface area contributed by atoms with E-state index in [0.717, 1.165) is 12.8 Å². The second kappa shape index (κ2) is 9.51. The van der Waals surface area contributed by atoms with Gasteiger partial charge < -0.3 is 9.67 Å². The lowest BCUT2D eigenvalue weighted by Gasteiger charge is -2.38.